The Kier molecular flexibility index (Phi) is 4.72. The van der Waals surface area contributed by atoms with Crippen molar-refractivity contribution in [1.82, 2.24) is 9.97 Å². The van der Waals surface area contributed by atoms with Crippen LogP contribution in [-0.2, 0) is 4.79 Å². The number of benzene rings is 1. The van der Waals surface area contributed by atoms with E-state index < -0.39 is 5.25 Å². The van der Waals surface area contributed by atoms with Gasteiger partial charge in [-0.3, -0.25) is 4.79 Å². The Morgan fingerprint density at radius 1 is 1.10 bits per heavy atom. The van der Waals surface area contributed by atoms with Gasteiger partial charge in [0.15, 0.2) is 28.2 Å². The van der Waals surface area contributed by atoms with Crippen molar-refractivity contribution >= 4 is 23.4 Å². The summed E-state index contributed by atoms with van der Waals surface area (Å²) in [5, 5.41) is 3.07. The van der Waals surface area contributed by atoms with Crippen molar-refractivity contribution in [3.63, 3.8) is 0 Å². The van der Waals surface area contributed by atoms with Gasteiger partial charge in [-0.15, -0.1) is 0 Å². The smallest absolute Gasteiger partial charge is 0.237 e. The lowest BCUT2D eigenvalue weighted by Gasteiger charge is -2.11. The zero-order chi connectivity index (χ0) is 20.5. The number of furan rings is 2. The fourth-order valence-electron chi connectivity index (χ4n) is 3.04. The van der Waals surface area contributed by atoms with Crippen LogP contribution in [0.1, 0.15) is 6.92 Å². The molecule has 4 aromatic rings. The monoisotopic (exact) mass is 423 g/mol. The summed E-state index contributed by atoms with van der Waals surface area (Å²) in [6.45, 7) is 2.00. The van der Waals surface area contributed by atoms with Gasteiger partial charge in [0, 0.05) is 11.8 Å². The van der Waals surface area contributed by atoms with Crippen molar-refractivity contribution in [3.8, 4) is 34.4 Å². The van der Waals surface area contributed by atoms with Crippen LogP contribution < -0.4 is 14.8 Å². The van der Waals surface area contributed by atoms with E-state index in [-0.39, 0.29) is 12.7 Å². The minimum absolute atomic E-state index is 0.158. The van der Waals surface area contributed by atoms with Crippen LogP contribution >= 0.6 is 11.8 Å². The minimum atomic E-state index is -0.407. The SMILES string of the molecule is CC(Sc1nc(-c2ccco2)c(-c2ccco2)[nH]1)C(=O)Nc1ccc2c(c1)OCO2. The maximum Gasteiger partial charge on any atom is 0.237 e. The Hall–Kier alpha value is -3.59. The molecule has 4 heterocycles. The zero-order valence-electron chi connectivity index (χ0n) is 15.9. The Morgan fingerprint density at radius 3 is 2.63 bits per heavy atom. The van der Waals surface area contributed by atoms with Gasteiger partial charge in [-0.2, -0.15) is 0 Å². The van der Waals surface area contributed by atoms with Crippen molar-refractivity contribution in [2.45, 2.75) is 17.3 Å². The molecule has 0 spiro atoms. The molecule has 1 unspecified atom stereocenters. The molecule has 2 N–H and O–H groups in total. The van der Waals surface area contributed by atoms with Crippen LogP contribution in [0.25, 0.3) is 22.9 Å². The number of thioether (sulfide) groups is 1. The highest BCUT2D eigenvalue weighted by Crippen LogP contribution is 2.36. The highest BCUT2D eigenvalue weighted by atomic mass is 32.2. The summed E-state index contributed by atoms with van der Waals surface area (Å²) < 4.78 is 21.7. The normalized spacial score (nSPS) is 13.4. The summed E-state index contributed by atoms with van der Waals surface area (Å²) in [6, 6.07) is 12.6. The van der Waals surface area contributed by atoms with Gasteiger partial charge in [0.25, 0.3) is 0 Å². The number of nitrogens with one attached hydrogen (secondary N) is 2. The van der Waals surface area contributed by atoms with Gasteiger partial charge in [0.05, 0.1) is 17.8 Å². The molecule has 1 aliphatic rings. The fraction of sp³-hybridized carbons (Fsp3) is 0.143. The average Bonchev–Trinajstić information content (AvgIpc) is 3.54. The number of aromatic amines is 1. The van der Waals surface area contributed by atoms with E-state index in [0.717, 1.165) is 0 Å². The van der Waals surface area contributed by atoms with E-state index in [2.05, 4.69) is 15.3 Å². The lowest BCUT2D eigenvalue weighted by atomic mass is 10.2. The van der Waals surface area contributed by atoms with E-state index in [1.807, 2.05) is 19.1 Å². The number of nitrogens with zero attached hydrogens (tertiary/aromatic N) is 1. The van der Waals surface area contributed by atoms with Gasteiger partial charge >= 0.3 is 0 Å². The molecule has 5 rings (SSSR count). The number of hydrogen-bond acceptors (Lipinski definition) is 7. The Morgan fingerprint density at radius 2 is 1.87 bits per heavy atom. The van der Waals surface area contributed by atoms with Crippen LogP contribution in [0.5, 0.6) is 11.5 Å². The number of fused-ring (bicyclic) bond motifs is 1. The topological polar surface area (TPSA) is 103 Å². The highest BCUT2D eigenvalue weighted by Gasteiger charge is 2.22. The third kappa shape index (κ3) is 3.55. The first-order valence-corrected chi connectivity index (χ1v) is 10.1. The predicted octanol–water partition coefficient (Wildman–Crippen LogP) is 4.78. The summed E-state index contributed by atoms with van der Waals surface area (Å²) >= 11 is 1.31. The Bertz CT molecular complexity index is 1120. The van der Waals surface area contributed by atoms with Gasteiger partial charge in [0.1, 0.15) is 11.4 Å². The first-order chi connectivity index (χ1) is 14.7. The Balaban J connectivity index is 1.34. The number of ether oxygens (including phenoxy) is 2. The number of carbonyl (C=O) groups excluding carboxylic acids is 1. The zero-order valence-corrected chi connectivity index (χ0v) is 16.7. The van der Waals surface area contributed by atoms with Crippen LogP contribution in [0.4, 0.5) is 5.69 Å². The lowest BCUT2D eigenvalue weighted by Crippen LogP contribution is -2.22. The molecular formula is C21H17N3O5S. The molecular weight excluding hydrogens is 406 g/mol. The van der Waals surface area contributed by atoms with Crippen LogP contribution in [0.3, 0.4) is 0 Å². The molecule has 0 saturated carbocycles. The minimum Gasteiger partial charge on any atom is -0.463 e. The van der Waals surface area contributed by atoms with E-state index in [0.29, 0.717) is 45.3 Å². The molecule has 152 valence electrons. The van der Waals surface area contributed by atoms with Crippen molar-refractivity contribution in [2.75, 3.05) is 12.1 Å². The van der Waals surface area contributed by atoms with Crippen LogP contribution in [0.15, 0.2) is 69.0 Å². The molecule has 1 aliphatic heterocycles. The van der Waals surface area contributed by atoms with Gasteiger partial charge in [0.2, 0.25) is 12.7 Å². The largest absolute Gasteiger partial charge is 0.463 e. The first kappa shape index (κ1) is 18.4. The highest BCUT2D eigenvalue weighted by molar-refractivity contribution is 8.00. The molecule has 0 bridgehead atoms. The van der Waals surface area contributed by atoms with Crippen molar-refractivity contribution in [1.29, 1.82) is 0 Å². The summed E-state index contributed by atoms with van der Waals surface area (Å²) in [5.74, 6) is 2.38. The first-order valence-electron chi connectivity index (χ1n) is 9.22. The van der Waals surface area contributed by atoms with Crippen LogP contribution in [-0.4, -0.2) is 27.9 Å². The van der Waals surface area contributed by atoms with Crippen molar-refractivity contribution in [2.24, 2.45) is 0 Å². The molecule has 0 saturated heterocycles. The summed E-state index contributed by atoms with van der Waals surface area (Å²) in [5.41, 5.74) is 1.96. The predicted molar refractivity (Wildman–Crippen MR) is 111 cm³/mol. The second-order valence-electron chi connectivity index (χ2n) is 6.54. The number of rotatable bonds is 6. The number of carbonyl (C=O) groups is 1. The van der Waals surface area contributed by atoms with Gasteiger partial charge in [-0.1, -0.05) is 11.8 Å². The molecule has 1 atom stereocenters. The van der Waals surface area contributed by atoms with E-state index in [1.165, 1.54) is 11.8 Å². The molecule has 30 heavy (non-hydrogen) atoms. The molecule has 1 aromatic carbocycles. The Labute approximate surface area is 175 Å². The van der Waals surface area contributed by atoms with Gasteiger partial charge < -0.3 is 28.6 Å². The summed E-state index contributed by atoms with van der Waals surface area (Å²) in [7, 11) is 0. The van der Waals surface area contributed by atoms with Crippen LogP contribution in [0, 0.1) is 0 Å². The quantitative estimate of drug-likeness (QED) is 0.430. The van der Waals surface area contributed by atoms with Gasteiger partial charge in [-0.25, -0.2) is 4.98 Å². The second kappa shape index (κ2) is 7.68. The second-order valence-corrected chi connectivity index (χ2v) is 7.87. The van der Waals surface area contributed by atoms with E-state index >= 15 is 0 Å². The molecule has 3 aromatic heterocycles. The number of H-pyrrole nitrogens is 1. The lowest BCUT2D eigenvalue weighted by molar-refractivity contribution is -0.115. The van der Waals surface area contributed by atoms with E-state index in [4.69, 9.17) is 18.3 Å². The molecule has 0 aliphatic carbocycles. The third-order valence-corrected chi connectivity index (χ3v) is 5.49. The third-order valence-electron chi connectivity index (χ3n) is 4.50. The number of aromatic nitrogens is 2. The summed E-state index contributed by atoms with van der Waals surface area (Å²) in [4.78, 5) is 20.5. The van der Waals surface area contributed by atoms with Crippen molar-refractivity contribution in [3.05, 3.63) is 55.0 Å². The standard InChI is InChI=1S/C21H17N3O5S/c1-12(20(25)22-13-6-7-14-17(10-13)29-11-28-14)30-21-23-18(15-4-2-8-26-15)19(24-21)16-5-3-9-27-16/h2-10,12H,11H2,1H3,(H,22,25)(H,23,24). The van der Waals surface area contributed by atoms with Crippen LogP contribution in [0.2, 0.25) is 0 Å². The van der Waals surface area contributed by atoms with Crippen molar-refractivity contribution < 1.29 is 23.1 Å². The molecule has 1 amide bonds. The summed E-state index contributed by atoms with van der Waals surface area (Å²) in [6.07, 6.45) is 3.18. The maximum atomic E-state index is 12.7. The average molecular weight is 423 g/mol. The number of hydrogen-bond donors (Lipinski definition) is 2. The fourth-order valence-corrected chi connectivity index (χ4v) is 3.84. The van der Waals surface area contributed by atoms with E-state index in [9.17, 15) is 4.79 Å². The maximum absolute atomic E-state index is 12.7. The number of amides is 1. The number of anilines is 1. The number of imidazole rings is 1. The van der Waals surface area contributed by atoms with E-state index in [1.54, 1.807) is 42.9 Å². The molecule has 8 nitrogen and oxygen atoms in total. The molecule has 0 radical (unpaired) electrons. The van der Waals surface area contributed by atoms with Gasteiger partial charge in [-0.05, 0) is 43.3 Å². The molecule has 9 heteroatoms. The molecule has 0 fully saturated rings.